The summed E-state index contributed by atoms with van der Waals surface area (Å²) in [6.45, 7) is 8.80. The molecule has 0 saturated carbocycles. The van der Waals surface area contributed by atoms with Crippen LogP contribution >= 0.6 is 0 Å². The lowest BCUT2D eigenvalue weighted by molar-refractivity contribution is 0.181. The van der Waals surface area contributed by atoms with Crippen LogP contribution in [0.3, 0.4) is 0 Å². The standard InChI is InChI=1S/C13H22N4/c1-12(17-7-5-14-6-8-17)9-16-11-13-3-2-4-15-10-13/h2-4,10,12,14,16H,5-9,11H2,1H3. The summed E-state index contributed by atoms with van der Waals surface area (Å²) in [7, 11) is 0. The Morgan fingerprint density at radius 2 is 2.29 bits per heavy atom. The van der Waals surface area contributed by atoms with Crippen LogP contribution in [0.15, 0.2) is 24.5 Å². The van der Waals surface area contributed by atoms with Crippen molar-refractivity contribution in [2.75, 3.05) is 32.7 Å². The Labute approximate surface area is 103 Å². The van der Waals surface area contributed by atoms with Crippen molar-refractivity contribution in [2.24, 2.45) is 0 Å². The zero-order valence-corrected chi connectivity index (χ0v) is 10.5. The first-order valence-electron chi connectivity index (χ1n) is 6.40. The molecule has 0 bridgehead atoms. The SMILES string of the molecule is CC(CNCc1cccnc1)N1CCNCC1. The molecule has 0 radical (unpaired) electrons. The Hall–Kier alpha value is -0.970. The van der Waals surface area contributed by atoms with E-state index in [0.717, 1.165) is 39.3 Å². The molecule has 94 valence electrons. The Kier molecular flexibility index (Phi) is 4.91. The molecule has 2 heterocycles. The molecule has 1 aromatic rings. The van der Waals surface area contributed by atoms with Gasteiger partial charge in [-0.2, -0.15) is 0 Å². The number of rotatable bonds is 5. The van der Waals surface area contributed by atoms with Gasteiger partial charge in [0.05, 0.1) is 0 Å². The van der Waals surface area contributed by atoms with Gasteiger partial charge in [0.2, 0.25) is 0 Å². The van der Waals surface area contributed by atoms with Gasteiger partial charge in [0.1, 0.15) is 0 Å². The van der Waals surface area contributed by atoms with Gasteiger partial charge in [0, 0.05) is 57.7 Å². The van der Waals surface area contributed by atoms with Crippen molar-refractivity contribution in [3.05, 3.63) is 30.1 Å². The van der Waals surface area contributed by atoms with Crippen LogP contribution in [0.2, 0.25) is 0 Å². The van der Waals surface area contributed by atoms with E-state index in [0.29, 0.717) is 6.04 Å². The van der Waals surface area contributed by atoms with Crippen LogP contribution in [-0.4, -0.2) is 48.6 Å². The number of hydrogen-bond acceptors (Lipinski definition) is 4. The summed E-state index contributed by atoms with van der Waals surface area (Å²) in [6, 6.07) is 4.69. The summed E-state index contributed by atoms with van der Waals surface area (Å²) in [6.07, 6.45) is 3.73. The maximum absolute atomic E-state index is 4.11. The lowest BCUT2D eigenvalue weighted by Crippen LogP contribution is -2.50. The predicted octanol–water partition coefficient (Wildman–Crippen LogP) is 0.465. The molecule has 1 aliphatic heterocycles. The van der Waals surface area contributed by atoms with E-state index in [1.54, 1.807) is 0 Å². The van der Waals surface area contributed by atoms with Crippen molar-refractivity contribution in [3.8, 4) is 0 Å². The maximum atomic E-state index is 4.11. The highest BCUT2D eigenvalue weighted by molar-refractivity contribution is 5.07. The molecule has 0 amide bonds. The normalized spacial score (nSPS) is 19.1. The smallest absolute Gasteiger partial charge is 0.0312 e. The molecule has 1 saturated heterocycles. The fourth-order valence-corrected chi connectivity index (χ4v) is 2.18. The van der Waals surface area contributed by atoms with E-state index in [2.05, 4.69) is 33.5 Å². The van der Waals surface area contributed by atoms with Crippen LogP contribution in [0.5, 0.6) is 0 Å². The summed E-state index contributed by atoms with van der Waals surface area (Å²) in [5.41, 5.74) is 1.25. The third kappa shape index (κ3) is 4.07. The van der Waals surface area contributed by atoms with Crippen molar-refractivity contribution >= 4 is 0 Å². The van der Waals surface area contributed by atoms with Gasteiger partial charge in [-0.15, -0.1) is 0 Å². The Balaban J connectivity index is 1.67. The minimum Gasteiger partial charge on any atom is -0.314 e. The quantitative estimate of drug-likeness (QED) is 0.777. The van der Waals surface area contributed by atoms with Gasteiger partial charge in [0.25, 0.3) is 0 Å². The first-order chi connectivity index (χ1) is 8.36. The van der Waals surface area contributed by atoms with Gasteiger partial charge in [-0.3, -0.25) is 9.88 Å². The fourth-order valence-electron chi connectivity index (χ4n) is 2.18. The van der Waals surface area contributed by atoms with Crippen molar-refractivity contribution in [1.29, 1.82) is 0 Å². The number of pyridine rings is 1. The predicted molar refractivity (Wildman–Crippen MR) is 69.8 cm³/mol. The fraction of sp³-hybridized carbons (Fsp3) is 0.615. The summed E-state index contributed by atoms with van der Waals surface area (Å²) >= 11 is 0. The number of hydrogen-bond donors (Lipinski definition) is 2. The van der Waals surface area contributed by atoms with E-state index in [1.165, 1.54) is 5.56 Å². The topological polar surface area (TPSA) is 40.2 Å². The van der Waals surface area contributed by atoms with Gasteiger partial charge in [-0.1, -0.05) is 6.07 Å². The monoisotopic (exact) mass is 234 g/mol. The summed E-state index contributed by atoms with van der Waals surface area (Å²) in [5, 5.41) is 6.88. The zero-order chi connectivity index (χ0) is 11.9. The van der Waals surface area contributed by atoms with Crippen molar-refractivity contribution < 1.29 is 0 Å². The molecule has 2 N–H and O–H groups in total. The molecule has 17 heavy (non-hydrogen) atoms. The van der Waals surface area contributed by atoms with Gasteiger partial charge in [-0.25, -0.2) is 0 Å². The van der Waals surface area contributed by atoms with Crippen LogP contribution in [-0.2, 0) is 6.54 Å². The highest BCUT2D eigenvalue weighted by Gasteiger charge is 2.15. The number of nitrogens with zero attached hydrogens (tertiary/aromatic N) is 2. The second-order valence-corrected chi connectivity index (χ2v) is 4.63. The lowest BCUT2D eigenvalue weighted by Gasteiger charge is -2.32. The first kappa shape index (κ1) is 12.5. The van der Waals surface area contributed by atoms with E-state index in [9.17, 15) is 0 Å². The minimum atomic E-state index is 0.605. The molecule has 1 atom stereocenters. The van der Waals surface area contributed by atoms with Crippen LogP contribution < -0.4 is 10.6 Å². The molecule has 2 rings (SSSR count). The number of aromatic nitrogens is 1. The number of piperazine rings is 1. The summed E-state index contributed by atoms with van der Waals surface area (Å²) in [4.78, 5) is 6.65. The molecule has 0 aromatic carbocycles. The van der Waals surface area contributed by atoms with Gasteiger partial charge in [0.15, 0.2) is 0 Å². The van der Waals surface area contributed by atoms with Crippen molar-refractivity contribution in [2.45, 2.75) is 19.5 Å². The highest BCUT2D eigenvalue weighted by Crippen LogP contribution is 2.00. The van der Waals surface area contributed by atoms with Crippen LogP contribution in [0, 0.1) is 0 Å². The third-order valence-electron chi connectivity index (χ3n) is 3.27. The van der Waals surface area contributed by atoms with E-state index in [-0.39, 0.29) is 0 Å². The molecule has 1 unspecified atom stereocenters. The zero-order valence-electron chi connectivity index (χ0n) is 10.5. The van der Waals surface area contributed by atoms with Crippen LogP contribution in [0.25, 0.3) is 0 Å². The van der Waals surface area contributed by atoms with E-state index >= 15 is 0 Å². The molecule has 4 heteroatoms. The highest BCUT2D eigenvalue weighted by atomic mass is 15.2. The molecule has 1 fully saturated rings. The molecule has 0 spiro atoms. The molecular formula is C13H22N4. The Morgan fingerprint density at radius 1 is 1.47 bits per heavy atom. The van der Waals surface area contributed by atoms with Gasteiger partial charge >= 0.3 is 0 Å². The van der Waals surface area contributed by atoms with Crippen LogP contribution in [0.1, 0.15) is 12.5 Å². The van der Waals surface area contributed by atoms with Gasteiger partial charge in [-0.05, 0) is 18.6 Å². The summed E-state index contributed by atoms with van der Waals surface area (Å²) in [5.74, 6) is 0. The van der Waals surface area contributed by atoms with E-state index < -0.39 is 0 Å². The maximum Gasteiger partial charge on any atom is 0.0312 e. The average molecular weight is 234 g/mol. The second-order valence-electron chi connectivity index (χ2n) is 4.63. The second kappa shape index (κ2) is 6.69. The average Bonchev–Trinajstić information content (AvgIpc) is 2.41. The van der Waals surface area contributed by atoms with Gasteiger partial charge < -0.3 is 10.6 Å². The minimum absolute atomic E-state index is 0.605. The first-order valence-corrected chi connectivity index (χ1v) is 6.40. The third-order valence-corrected chi connectivity index (χ3v) is 3.27. The largest absolute Gasteiger partial charge is 0.314 e. The molecule has 0 aliphatic carbocycles. The number of nitrogens with one attached hydrogen (secondary N) is 2. The molecular weight excluding hydrogens is 212 g/mol. The van der Waals surface area contributed by atoms with Crippen LogP contribution in [0.4, 0.5) is 0 Å². The summed E-state index contributed by atoms with van der Waals surface area (Å²) < 4.78 is 0. The van der Waals surface area contributed by atoms with Crippen molar-refractivity contribution in [3.63, 3.8) is 0 Å². The van der Waals surface area contributed by atoms with Crippen molar-refractivity contribution in [1.82, 2.24) is 20.5 Å². The van der Waals surface area contributed by atoms with E-state index in [1.807, 2.05) is 18.5 Å². The lowest BCUT2D eigenvalue weighted by atomic mass is 10.2. The van der Waals surface area contributed by atoms with E-state index in [4.69, 9.17) is 0 Å². The Morgan fingerprint density at radius 3 is 3.00 bits per heavy atom. The molecule has 1 aromatic heterocycles. The molecule has 4 nitrogen and oxygen atoms in total. The molecule has 1 aliphatic rings. The Bertz CT molecular complexity index is 308.